The largest absolute Gasteiger partial charge is 0.490 e. The van der Waals surface area contributed by atoms with Crippen molar-refractivity contribution in [2.45, 2.75) is 25.9 Å². The van der Waals surface area contributed by atoms with Crippen LogP contribution in [0.1, 0.15) is 19.8 Å². The van der Waals surface area contributed by atoms with Gasteiger partial charge in [-0.15, -0.1) is 0 Å². The minimum atomic E-state index is 0.00917. The van der Waals surface area contributed by atoms with Crippen molar-refractivity contribution in [1.29, 1.82) is 5.41 Å². The average molecular weight is 192 g/mol. The van der Waals surface area contributed by atoms with E-state index in [2.05, 4.69) is 0 Å². The number of amidine groups is 1. The molecule has 1 rings (SSSR count). The molecule has 1 aromatic carbocycles. The van der Waals surface area contributed by atoms with E-state index in [1.54, 1.807) is 0 Å². The lowest BCUT2D eigenvalue weighted by Gasteiger charge is -2.16. The first kappa shape index (κ1) is 10.6. The molecule has 0 amide bonds. The molecule has 0 saturated carbocycles. The van der Waals surface area contributed by atoms with Gasteiger partial charge in [0.2, 0.25) is 0 Å². The summed E-state index contributed by atoms with van der Waals surface area (Å²) in [4.78, 5) is 0. The lowest BCUT2D eigenvalue weighted by atomic mass is 10.2. The molecule has 3 N–H and O–H groups in total. The molecule has 1 aromatic rings. The third kappa shape index (κ3) is 3.47. The highest BCUT2D eigenvalue weighted by Gasteiger charge is 2.08. The van der Waals surface area contributed by atoms with Gasteiger partial charge in [0.05, 0.1) is 5.84 Å². The van der Waals surface area contributed by atoms with Crippen molar-refractivity contribution in [1.82, 2.24) is 0 Å². The van der Waals surface area contributed by atoms with Gasteiger partial charge in [0.1, 0.15) is 11.9 Å². The smallest absolute Gasteiger partial charge is 0.119 e. The second-order valence-corrected chi connectivity index (χ2v) is 3.19. The van der Waals surface area contributed by atoms with Gasteiger partial charge in [0.25, 0.3) is 0 Å². The van der Waals surface area contributed by atoms with E-state index in [0.29, 0.717) is 6.42 Å². The first-order valence-corrected chi connectivity index (χ1v) is 4.77. The molecule has 76 valence electrons. The van der Waals surface area contributed by atoms with Crippen LogP contribution in [-0.2, 0) is 0 Å². The monoisotopic (exact) mass is 192 g/mol. The van der Waals surface area contributed by atoms with Gasteiger partial charge in [-0.1, -0.05) is 25.1 Å². The molecule has 0 heterocycles. The maximum atomic E-state index is 7.19. The summed E-state index contributed by atoms with van der Waals surface area (Å²) in [5.41, 5.74) is 5.33. The zero-order valence-corrected chi connectivity index (χ0v) is 8.36. The summed E-state index contributed by atoms with van der Waals surface area (Å²) in [5, 5.41) is 7.19. The lowest BCUT2D eigenvalue weighted by Crippen LogP contribution is -2.23. The molecule has 0 saturated heterocycles. The second kappa shape index (κ2) is 5.27. The predicted octanol–water partition coefficient (Wildman–Crippen LogP) is 2.17. The minimum Gasteiger partial charge on any atom is -0.490 e. The van der Waals surface area contributed by atoms with Crippen molar-refractivity contribution in [2.24, 2.45) is 5.73 Å². The molecular weight excluding hydrogens is 176 g/mol. The Hall–Kier alpha value is -1.51. The third-order valence-corrected chi connectivity index (χ3v) is 1.95. The molecule has 1 unspecified atom stereocenters. The highest BCUT2D eigenvalue weighted by atomic mass is 16.5. The molecule has 0 bridgehead atoms. The van der Waals surface area contributed by atoms with Crippen LogP contribution < -0.4 is 10.5 Å². The van der Waals surface area contributed by atoms with Crippen molar-refractivity contribution in [2.75, 3.05) is 0 Å². The molecule has 3 nitrogen and oxygen atoms in total. The van der Waals surface area contributed by atoms with Gasteiger partial charge in [-0.2, -0.15) is 0 Å². The molecule has 0 aliphatic rings. The number of para-hydroxylation sites is 1. The van der Waals surface area contributed by atoms with E-state index in [1.807, 2.05) is 37.3 Å². The quantitative estimate of drug-likeness (QED) is 0.555. The number of hydrogen-bond donors (Lipinski definition) is 2. The van der Waals surface area contributed by atoms with Crippen molar-refractivity contribution in [3.8, 4) is 5.75 Å². The Kier molecular flexibility index (Phi) is 3.98. The molecule has 0 aromatic heterocycles. The fraction of sp³-hybridized carbons (Fsp3) is 0.364. The van der Waals surface area contributed by atoms with Crippen LogP contribution in [0.3, 0.4) is 0 Å². The number of rotatable bonds is 5. The fourth-order valence-corrected chi connectivity index (χ4v) is 1.21. The summed E-state index contributed by atoms with van der Waals surface area (Å²) in [5.74, 6) is 1.01. The van der Waals surface area contributed by atoms with E-state index in [-0.39, 0.29) is 11.9 Å². The van der Waals surface area contributed by atoms with E-state index in [0.717, 1.165) is 12.2 Å². The normalized spacial score (nSPS) is 12.1. The molecule has 14 heavy (non-hydrogen) atoms. The first-order valence-electron chi connectivity index (χ1n) is 4.77. The Morgan fingerprint density at radius 3 is 2.57 bits per heavy atom. The highest BCUT2D eigenvalue weighted by Crippen LogP contribution is 2.13. The van der Waals surface area contributed by atoms with E-state index >= 15 is 0 Å². The summed E-state index contributed by atoms with van der Waals surface area (Å²) in [7, 11) is 0. The van der Waals surface area contributed by atoms with Crippen LogP contribution in [0.2, 0.25) is 0 Å². The summed E-state index contributed by atoms with van der Waals surface area (Å²) >= 11 is 0. The molecular formula is C11H16N2O. The molecule has 0 radical (unpaired) electrons. The van der Waals surface area contributed by atoms with Gasteiger partial charge in [0.15, 0.2) is 0 Å². The number of nitrogens with one attached hydrogen (secondary N) is 1. The maximum absolute atomic E-state index is 7.19. The fourth-order valence-electron chi connectivity index (χ4n) is 1.21. The summed E-state index contributed by atoms with van der Waals surface area (Å²) in [6.07, 6.45) is 1.36. The third-order valence-electron chi connectivity index (χ3n) is 1.95. The summed E-state index contributed by atoms with van der Waals surface area (Å²) in [6, 6.07) is 9.61. The zero-order valence-electron chi connectivity index (χ0n) is 8.36. The van der Waals surface area contributed by atoms with Crippen LogP contribution in [0.25, 0.3) is 0 Å². The van der Waals surface area contributed by atoms with Crippen molar-refractivity contribution in [3.63, 3.8) is 0 Å². The maximum Gasteiger partial charge on any atom is 0.119 e. The number of ether oxygens (including phenoxy) is 1. The number of nitrogens with two attached hydrogens (primary N) is 1. The number of hydrogen-bond acceptors (Lipinski definition) is 2. The van der Waals surface area contributed by atoms with Crippen LogP contribution in [-0.4, -0.2) is 11.9 Å². The average Bonchev–Trinajstić information content (AvgIpc) is 2.17. The summed E-state index contributed by atoms with van der Waals surface area (Å²) in [6.45, 7) is 2.02. The van der Waals surface area contributed by atoms with E-state index in [4.69, 9.17) is 15.9 Å². The topological polar surface area (TPSA) is 59.1 Å². The minimum absolute atomic E-state index is 0.00917. The van der Waals surface area contributed by atoms with Crippen LogP contribution in [0, 0.1) is 5.41 Å². The van der Waals surface area contributed by atoms with Gasteiger partial charge in [0, 0.05) is 6.42 Å². The Bertz CT molecular complexity index is 285. The van der Waals surface area contributed by atoms with E-state index < -0.39 is 0 Å². The molecule has 1 atom stereocenters. The molecule has 0 aliphatic carbocycles. The van der Waals surface area contributed by atoms with Crippen molar-refractivity contribution < 1.29 is 4.74 Å². The van der Waals surface area contributed by atoms with Gasteiger partial charge in [-0.25, -0.2) is 0 Å². The van der Waals surface area contributed by atoms with Gasteiger partial charge < -0.3 is 10.5 Å². The van der Waals surface area contributed by atoms with Crippen molar-refractivity contribution in [3.05, 3.63) is 30.3 Å². The molecule has 0 aliphatic heterocycles. The lowest BCUT2D eigenvalue weighted by molar-refractivity contribution is 0.204. The van der Waals surface area contributed by atoms with Gasteiger partial charge in [-0.05, 0) is 18.6 Å². The predicted molar refractivity (Wildman–Crippen MR) is 57.7 cm³/mol. The SMILES string of the molecule is CCC(CC(=N)N)Oc1ccccc1. The Labute approximate surface area is 84.4 Å². The molecule has 0 fully saturated rings. The van der Waals surface area contributed by atoms with Gasteiger partial charge in [-0.3, -0.25) is 5.41 Å². The molecule has 0 spiro atoms. The Morgan fingerprint density at radius 1 is 1.43 bits per heavy atom. The van der Waals surface area contributed by atoms with Crippen LogP contribution in [0.4, 0.5) is 0 Å². The Balaban J connectivity index is 2.53. The first-order chi connectivity index (χ1) is 6.72. The van der Waals surface area contributed by atoms with Crippen LogP contribution >= 0.6 is 0 Å². The van der Waals surface area contributed by atoms with Crippen LogP contribution in [0.5, 0.6) is 5.75 Å². The van der Waals surface area contributed by atoms with E-state index in [9.17, 15) is 0 Å². The van der Waals surface area contributed by atoms with E-state index in [1.165, 1.54) is 0 Å². The Morgan fingerprint density at radius 2 is 2.07 bits per heavy atom. The van der Waals surface area contributed by atoms with Crippen molar-refractivity contribution >= 4 is 5.84 Å². The van der Waals surface area contributed by atoms with Gasteiger partial charge >= 0.3 is 0 Å². The molecule has 3 heteroatoms. The zero-order chi connectivity index (χ0) is 10.4. The highest BCUT2D eigenvalue weighted by molar-refractivity contribution is 5.77. The number of benzene rings is 1. The standard InChI is InChI=1S/C11H16N2O/c1-2-9(8-11(12)13)14-10-6-4-3-5-7-10/h3-7,9H,2,8H2,1H3,(H3,12,13). The van der Waals surface area contributed by atoms with Crippen LogP contribution in [0.15, 0.2) is 30.3 Å². The summed E-state index contributed by atoms with van der Waals surface area (Å²) < 4.78 is 5.65. The second-order valence-electron chi connectivity index (χ2n) is 3.19.